The Bertz CT molecular complexity index is 276. The summed E-state index contributed by atoms with van der Waals surface area (Å²) in [6.07, 6.45) is 2.76. The summed E-state index contributed by atoms with van der Waals surface area (Å²) in [5.74, 6) is 1.54. The molecule has 1 heteroatoms. The summed E-state index contributed by atoms with van der Waals surface area (Å²) >= 11 is 6.09. The minimum Gasteiger partial charge on any atom is -0.0840 e. The maximum absolute atomic E-state index is 6.09. The Morgan fingerprint density at radius 1 is 1.33 bits per heavy atom. The molecule has 0 aliphatic heterocycles. The Balaban J connectivity index is 2.25. The zero-order valence-electron chi connectivity index (χ0n) is 7.26. The molecule has 12 heavy (non-hydrogen) atoms. The fourth-order valence-electron chi connectivity index (χ4n) is 1.69. The molecule has 0 bridgehead atoms. The highest BCUT2D eigenvalue weighted by Crippen LogP contribution is 2.43. The first-order valence-corrected chi connectivity index (χ1v) is 4.91. The molecule has 0 radical (unpaired) electrons. The molecule has 0 amide bonds. The van der Waals surface area contributed by atoms with Gasteiger partial charge >= 0.3 is 0 Å². The van der Waals surface area contributed by atoms with Crippen LogP contribution < -0.4 is 0 Å². The van der Waals surface area contributed by atoms with E-state index in [1.807, 2.05) is 12.1 Å². The molecule has 1 atom stereocenters. The highest BCUT2D eigenvalue weighted by Gasteiger charge is 2.29. The predicted octanol–water partition coefficient (Wildman–Crippen LogP) is 3.85. The van der Waals surface area contributed by atoms with Gasteiger partial charge in [0.1, 0.15) is 0 Å². The molecule has 1 aromatic rings. The Hall–Kier alpha value is -0.490. The maximum atomic E-state index is 6.09. The van der Waals surface area contributed by atoms with E-state index in [-0.39, 0.29) is 0 Å². The second-order valence-corrected chi connectivity index (χ2v) is 4.05. The monoisotopic (exact) mass is 180 g/mol. The quantitative estimate of drug-likeness (QED) is 0.649. The van der Waals surface area contributed by atoms with Gasteiger partial charge in [-0.15, -0.1) is 0 Å². The van der Waals surface area contributed by atoms with Gasteiger partial charge in [0, 0.05) is 5.02 Å². The van der Waals surface area contributed by atoms with E-state index in [0.29, 0.717) is 5.92 Å². The number of hydrogen-bond donors (Lipinski definition) is 0. The first kappa shape index (κ1) is 8.12. The minimum absolute atomic E-state index is 0.652. The van der Waals surface area contributed by atoms with Gasteiger partial charge in [-0.25, -0.2) is 0 Å². The van der Waals surface area contributed by atoms with Gasteiger partial charge in [-0.1, -0.05) is 36.7 Å². The van der Waals surface area contributed by atoms with Gasteiger partial charge in [0.05, 0.1) is 0 Å². The fraction of sp³-hybridized carbons (Fsp3) is 0.455. The summed E-state index contributed by atoms with van der Waals surface area (Å²) in [6.45, 7) is 2.28. The Kier molecular flexibility index (Phi) is 2.10. The van der Waals surface area contributed by atoms with Crippen LogP contribution in [0.2, 0.25) is 5.02 Å². The molecule has 2 rings (SSSR count). The molecule has 1 fully saturated rings. The van der Waals surface area contributed by atoms with Crippen LogP contribution in [0.3, 0.4) is 0 Å². The predicted molar refractivity (Wildman–Crippen MR) is 52.6 cm³/mol. The van der Waals surface area contributed by atoms with E-state index in [4.69, 9.17) is 11.6 Å². The third-order valence-corrected chi connectivity index (χ3v) is 3.07. The molecule has 1 saturated carbocycles. The highest BCUT2D eigenvalue weighted by molar-refractivity contribution is 6.31. The summed E-state index contributed by atoms with van der Waals surface area (Å²) in [5, 5.41) is 0.928. The van der Waals surface area contributed by atoms with Crippen molar-refractivity contribution in [3.05, 3.63) is 34.9 Å². The number of halogens is 1. The molecule has 1 aliphatic rings. The molecule has 0 nitrogen and oxygen atoms in total. The van der Waals surface area contributed by atoms with Crippen LogP contribution >= 0.6 is 11.6 Å². The van der Waals surface area contributed by atoms with E-state index in [1.165, 1.54) is 18.4 Å². The largest absolute Gasteiger partial charge is 0.0840 e. The molecule has 0 unspecified atom stereocenters. The van der Waals surface area contributed by atoms with Crippen molar-refractivity contribution in [2.24, 2.45) is 5.92 Å². The summed E-state index contributed by atoms with van der Waals surface area (Å²) in [6, 6.07) is 8.19. The van der Waals surface area contributed by atoms with E-state index in [1.54, 1.807) is 0 Å². The lowest BCUT2D eigenvalue weighted by Crippen LogP contribution is -1.95. The SMILES string of the molecule is C[C@@H](c1ccccc1Cl)C1CC1. The second-order valence-electron chi connectivity index (χ2n) is 3.65. The van der Waals surface area contributed by atoms with E-state index >= 15 is 0 Å². The van der Waals surface area contributed by atoms with Crippen LogP contribution in [-0.4, -0.2) is 0 Å². The van der Waals surface area contributed by atoms with Crippen LogP contribution in [0.25, 0.3) is 0 Å². The van der Waals surface area contributed by atoms with Crippen molar-refractivity contribution >= 4 is 11.6 Å². The van der Waals surface area contributed by atoms with E-state index in [9.17, 15) is 0 Å². The van der Waals surface area contributed by atoms with Crippen molar-refractivity contribution in [1.29, 1.82) is 0 Å². The van der Waals surface area contributed by atoms with Crippen LogP contribution in [0, 0.1) is 5.92 Å². The second kappa shape index (κ2) is 3.10. The number of hydrogen-bond acceptors (Lipinski definition) is 0. The van der Waals surface area contributed by atoms with Gasteiger partial charge in [-0.2, -0.15) is 0 Å². The van der Waals surface area contributed by atoms with Crippen molar-refractivity contribution in [2.75, 3.05) is 0 Å². The van der Waals surface area contributed by atoms with Crippen molar-refractivity contribution < 1.29 is 0 Å². The average Bonchev–Trinajstić information content (AvgIpc) is 2.86. The molecule has 1 aliphatic carbocycles. The maximum Gasteiger partial charge on any atom is 0.0440 e. The lowest BCUT2D eigenvalue weighted by Gasteiger charge is -2.11. The van der Waals surface area contributed by atoms with Gasteiger partial charge < -0.3 is 0 Å². The Labute approximate surface area is 78.6 Å². The molecule has 1 aromatic carbocycles. The first-order valence-electron chi connectivity index (χ1n) is 4.53. The zero-order valence-corrected chi connectivity index (χ0v) is 8.01. The Morgan fingerprint density at radius 2 is 2.00 bits per heavy atom. The van der Waals surface area contributed by atoms with Crippen LogP contribution in [0.5, 0.6) is 0 Å². The number of rotatable bonds is 2. The van der Waals surface area contributed by atoms with Gasteiger partial charge in [0.2, 0.25) is 0 Å². The van der Waals surface area contributed by atoms with Gasteiger partial charge in [-0.3, -0.25) is 0 Å². The smallest absolute Gasteiger partial charge is 0.0440 e. The summed E-state index contributed by atoms with van der Waals surface area (Å²) in [5.41, 5.74) is 1.32. The average molecular weight is 181 g/mol. The third kappa shape index (κ3) is 1.49. The zero-order chi connectivity index (χ0) is 8.55. The molecule has 0 spiro atoms. The third-order valence-electron chi connectivity index (χ3n) is 2.72. The molecule has 0 saturated heterocycles. The molecular formula is C11H13Cl. The van der Waals surface area contributed by atoms with E-state index in [0.717, 1.165) is 10.9 Å². The van der Waals surface area contributed by atoms with E-state index in [2.05, 4.69) is 19.1 Å². The molecule has 64 valence electrons. The highest BCUT2D eigenvalue weighted by atomic mass is 35.5. The molecular weight excluding hydrogens is 168 g/mol. The normalized spacial score (nSPS) is 19.2. The lowest BCUT2D eigenvalue weighted by atomic mass is 9.96. The summed E-state index contributed by atoms with van der Waals surface area (Å²) in [7, 11) is 0. The fourth-order valence-corrected chi connectivity index (χ4v) is 2.00. The first-order chi connectivity index (χ1) is 5.79. The van der Waals surface area contributed by atoms with Crippen molar-refractivity contribution in [2.45, 2.75) is 25.7 Å². The van der Waals surface area contributed by atoms with Crippen molar-refractivity contribution in [3.8, 4) is 0 Å². The van der Waals surface area contributed by atoms with Crippen LogP contribution in [0.1, 0.15) is 31.2 Å². The lowest BCUT2D eigenvalue weighted by molar-refractivity contribution is 0.664. The van der Waals surface area contributed by atoms with Gasteiger partial charge in [-0.05, 0) is 36.3 Å². The Morgan fingerprint density at radius 3 is 2.58 bits per heavy atom. The van der Waals surface area contributed by atoms with Crippen molar-refractivity contribution in [3.63, 3.8) is 0 Å². The van der Waals surface area contributed by atoms with Crippen molar-refractivity contribution in [1.82, 2.24) is 0 Å². The van der Waals surface area contributed by atoms with Gasteiger partial charge in [0.15, 0.2) is 0 Å². The topological polar surface area (TPSA) is 0 Å². The molecule has 0 N–H and O–H groups in total. The summed E-state index contributed by atoms with van der Waals surface area (Å²) < 4.78 is 0. The van der Waals surface area contributed by atoms with Crippen LogP contribution in [0.15, 0.2) is 24.3 Å². The molecule has 0 heterocycles. The minimum atomic E-state index is 0.652. The molecule has 0 aromatic heterocycles. The van der Waals surface area contributed by atoms with E-state index < -0.39 is 0 Å². The standard InChI is InChI=1S/C11H13Cl/c1-8(9-6-7-9)10-4-2-3-5-11(10)12/h2-5,8-9H,6-7H2,1H3/t8-/m1/s1. The van der Waals surface area contributed by atoms with Crippen LogP contribution in [-0.2, 0) is 0 Å². The summed E-state index contributed by atoms with van der Waals surface area (Å²) in [4.78, 5) is 0. The van der Waals surface area contributed by atoms with Crippen LogP contribution in [0.4, 0.5) is 0 Å². The number of benzene rings is 1. The van der Waals surface area contributed by atoms with Gasteiger partial charge in [0.25, 0.3) is 0 Å².